The fourth-order valence-electron chi connectivity index (χ4n) is 1.82. The molecule has 1 atom stereocenters. The molecule has 15 heavy (non-hydrogen) atoms. The predicted octanol–water partition coefficient (Wildman–Crippen LogP) is 1.47. The van der Waals surface area contributed by atoms with Crippen molar-refractivity contribution in [1.82, 2.24) is 4.90 Å². The third-order valence-corrected chi connectivity index (χ3v) is 3.65. The predicted molar refractivity (Wildman–Crippen MR) is 63.9 cm³/mol. The minimum Gasteiger partial charge on any atom is -0.378 e. The van der Waals surface area contributed by atoms with Crippen molar-refractivity contribution in [2.45, 2.75) is 46.2 Å². The van der Waals surface area contributed by atoms with Gasteiger partial charge in [0.1, 0.15) is 0 Å². The second kappa shape index (κ2) is 4.40. The molecule has 1 aliphatic rings. The summed E-state index contributed by atoms with van der Waals surface area (Å²) in [5, 5.41) is 0. The van der Waals surface area contributed by atoms with Crippen molar-refractivity contribution >= 4 is 0 Å². The largest absolute Gasteiger partial charge is 0.378 e. The van der Waals surface area contributed by atoms with E-state index >= 15 is 0 Å². The van der Waals surface area contributed by atoms with E-state index in [9.17, 15) is 0 Å². The van der Waals surface area contributed by atoms with E-state index in [1.807, 2.05) is 0 Å². The summed E-state index contributed by atoms with van der Waals surface area (Å²) in [6, 6.07) is 0.219. The molecule has 0 spiro atoms. The Balaban J connectivity index is 2.63. The second-order valence-electron chi connectivity index (χ2n) is 6.06. The van der Waals surface area contributed by atoms with Gasteiger partial charge in [0, 0.05) is 24.7 Å². The Morgan fingerprint density at radius 3 is 2.53 bits per heavy atom. The van der Waals surface area contributed by atoms with Gasteiger partial charge in [-0.25, -0.2) is 0 Å². The molecule has 0 aromatic carbocycles. The van der Waals surface area contributed by atoms with Crippen LogP contribution in [-0.4, -0.2) is 42.8 Å². The lowest BCUT2D eigenvalue weighted by Crippen LogP contribution is -2.57. The van der Waals surface area contributed by atoms with Gasteiger partial charge in [0.05, 0.1) is 13.2 Å². The highest BCUT2D eigenvalue weighted by molar-refractivity contribution is 4.90. The fraction of sp³-hybridized carbons (Fsp3) is 1.00. The molecule has 2 N–H and O–H groups in total. The Kier molecular flexibility index (Phi) is 3.80. The Labute approximate surface area is 94.0 Å². The van der Waals surface area contributed by atoms with Crippen LogP contribution in [0.5, 0.6) is 0 Å². The van der Waals surface area contributed by atoms with Gasteiger partial charge in [-0.05, 0) is 26.2 Å². The monoisotopic (exact) mass is 214 g/mol. The first-order valence-corrected chi connectivity index (χ1v) is 5.84. The van der Waals surface area contributed by atoms with Gasteiger partial charge in [0.25, 0.3) is 0 Å². The smallest absolute Gasteiger partial charge is 0.0645 e. The minimum atomic E-state index is 0.143. The zero-order valence-electron chi connectivity index (χ0n) is 10.8. The summed E-state index contributed by atoms with van der Waals surface area (Å²) in [5.41, 5.74) is 6.32. The molecule has 90 valence electrons. The van der Waals surface area contributed by atoms with Crippen LogP contribution in [0.25, 0.3) is 0 Å². The molecular formula is C12H26N2O. The molecule has 1 fully saturated rings. The van der Waals surface area contributed by atoms with Crippen LogP contribution in [0.1, 0.15) is 34.6 Å². The van der Waals surface area contributed by atoms with Crippen LogP contribution in [-0.2, 0) is 4.74 Å². The first-order valence-electron chi connectivity index (χ1n) is 5.84. The number of hydrogen-bond acceptors (Lipinski definition) is 3. The number of ether oxygens (including phenoxy) is 1. The van der Waals surface area contributed by atoms with E-state index < -0.39 is 0 Å². The van der Waals surface area contributed by atoms with Crippen LogP contribution in [0.3, 0.4) is 0 Å². The van der Waals surface area contributed by atoms with Gasteiger partial charge in [-0.1, -0.05) is 13.8 Å². The lowest BCUT2D eigenvalue weighted by molar-refractivity contribution is -0.0665. The van der Waals surface area contributed by atoms with Gasteiger partial charge >= 0.3 is 0 Å². The Hall–Kier alpha value is -0.120. The highest BCUT2D eigenvalue weighted by atomic mass is 16.5. The molecular weight excluding hydrogens is 188 g/mol. The van der Waals surface area contributed by atoms with Gasteiger partial charge in [0.15, 0.2) is 0 Å². The number of rotatable bonds is 3. The van der Waals surface area contributed by atoms with Crippen LogP contribution in [0, 0.1) is 5.41 Å². The van der Waals surface area contributed by atoms with E-state index in [1.165, 1.54) is 0 Å². The minimum absolute atomic E-state index is 0.143. The summed E-state index contributed by atoms with van der Waals surface area (Å²) in [6.45, 7) is 14.8. The summed E-state index contributed by atoms with van der Waals surface area (Å²) < 4.78 is 5.52. The molecule has 3 nitrogen and oxygen atoms in total. The van der Waals surface area contributed by atoms with Gasteiger partial charge in [-0.2, -0.15) is 0 Å². The summed E-state index contributed by atoms with van der Waals surface area (Å²) in [4.78, 5) is 2.50. The van der Waals surface area contributed by atoms with Gasteiger partial charge in [0.2, 0.25) is 0 Å². The molecule has 1 rings (SSSR count). The van der Waals surface area contributed by atoms with E-state index in [2.05, 4.69) is 39.5 Å². The highest BCUT2D eigenvalue weighted by Crippen LogP contribution is 2.27. The molecule has 0 saturated carbocycles. The van der Waals surface area contributed by atoms with E-state index in [0.29, 0.717) is 0 Å². The van der Waals surface area contributed by atoms with E-state index in [0.717, 1.165) is 26.3 Å². The first-order chi connectivity index (χ1) is 6.76. The summed E-state index contributed by atoms with van der Waals surface area (Å²) in [6.07, 6.45) is 0. The molecule has 1 heterocycles. The lowest BCUT2D eigenvalue weighted by Gasteiger charge is -2.46. The van der Waals surface area contributed by atoms with Crippen molar-refractivity contribution in [2.75, 3.05) is 26.3 Å². The van der Waals surface area contributed by atoms with Crippen molar-refractivity contribution in [3.63, 3.8) is 0 Å². The molecule has 0 radical (unpaired) electrons. The first kappa shape index (κ1) is 12.9. The number of nitrogens with two attached hydrogens (primary N) is 1. The molecule has 1 unspecified atom stereocenters. The number of morpholine rings is 1. The van der Waals surface area contributed by atoms with E-state index in [1.54, 1.807) is 0 Å². The maximum Gasteiger partial charge on any atom is 0.0645 e. The SMILES string of the molecule is CC(N)C(C)(C)CN1CCOCC1(C)C. The number of hydrogen-bond donors (Lipinski definition) is 1. The average molecular weight is 214 g/mol. The second-order valence-corrected chi connectivity index (χ2v) is 6.06. The Morgan fingerprint density at radius 2 is 2.07 bits per heavy atom. The molecule has 0 bridgehead atoms. The van der Waals surface area contributed by atoms with Crippen LogP contribution in [0.2, 0.25) is 0 Å². The average Bonchev–Trinajstić information content (AvgIpc) is 2.08. The Morgan fingerprint density at radius 1 is 1.47 bits per heavy atom. The van der Waals surface area contributed by atoms with Gasteiger partial charge in [-0.15, -0.1) is 0 Å². The zero-order valence-corrected chi connectivity index (χ0v) is 10.8. The summed E-state index contributed by atoms with van der Waals surface area (Å²) in [5.74, 6) is 0. The van der Waals surface area contributed by atoms with Crippen LogP contribution >= 0.6 is 0 Å². The normalized spacial score (nSPS) is 25.2. The number of nitrogens with zero attached hydrogens (tertiary/aromatic N) is 1. The van der Waals surface area contributed by atoms with Crippen LogP contribution < -0.4 is 5.73 Å². The van der Waals surface area contributed by atoms with Crippen LogP contribution in [0.15, 0.2) is 0 Å². The highest BCUT2D eigenvalue weighted by Gasteiger charge is 2.35. The third kappa shape index (κ3) is 3.16. The van der Waals surface area contributed by atoms with E-state index in [-0.39, 0.29) is 17.0 Å². The summed E-state index contributed by atoms with van der Waals surface area (Å²) in [7, 11) is 0. The molecule has 0 aromatic rings. The molecule has 0 aromatic heterocycles. The summed E-state index contributed by atoms with van der Waals surface area (Å²) >= 11 is 0. The molecule has 0 amide bonds. The quantitative estimate of drug-likeness (QED) is 0.773. The topological polar surface area (TPSA) is 38.5 Å². The van der Waals surface area contributed by atoms with Crippen molar-refractivity contribution in [2.24, 2.45) is 11.1 Å². The van der Waals surface area contributed by atoms with Gasteiger partial charge in [-0.3, -0.25) is 4.90 Å². The van der Waals surface area contributed by atoms with Gasteiger partial charge < -0.3 is 10.5 Å². The van der Waals surface area contributed by atoms with Crippen molar-refractivity contribution in [3.05, 3.63) is 0 Å². The maximum atomic E-state index is 6.02. The van der Waals surface area contributed by atoms with Crippen LogP contribution in [0.4, 0.5) is 0 Å². The van der Waals surface area contributed by atoms with Crippen molar-refractivity contribution in [3.8, 4) is 0 Å². The fourth-order valence-corrected chi connectivity index (χ4v) is 1.82. The molecule has 1 aliphatic heterocycles. The van der Waals surface area contributed by atoms with E-state index in [4.69, 9.17) is 10.5 Å². The van der Waals surface area contributed by atoms with Crippen molar-refractivity contribution < 1.29 is 4.74 Å². The lowest BCUT2D eigenvalue weighted by atomic mass is 9.84. The Bertz CT molecular complexity index is 212. The molecule has 3 heteroatoms. The molecule has 0 aliphatic carbocycles. The maximum absolute atomic E-state index is 6.02. The molecule has 1 saturated heterocycles. The third-order valence-electron chi connectivity index (χ3n) is 3.65. The standard InChI is InChI=1S/C12H26N2O/c1-10(13)11(2,3)8-14-6-7-15-9-12(14,4)5/h10H,6-9,13H2,1-5H3. The van der Waals surface area contributed by atoms with Crippen molar-refractivity contribution in [1.29, 1.82) is 0 Å². The zero-order chi connectivity index (χ0) is 11.7.